The van der Waals surface area contributed by atoms with Crippen LogP contribution in [0.15, 0.2) is 23.2 Å². The van der Waals surface area contributed by atoms with E-state index in [0.717, 1.165) is 23.6 Å². The Kier molecular flexibility index (Phi) is 1.66. The van der Waals surface area contributed by atoms with Gasteiger partial charge >= 0.3 is 0 Å². The van der Waals surface area contributed by atoms with Gasteiger partial charge in [-0.3, -0.25) is 4.99 Å². The summed E-state index contributed by atoms with van der Waals surface area (Å²) in [6, 6.07) is 5.88. The Morgan fingerprint density at radius 3 is 3.18 bits per heavy atom. The van der Waals surface area contributed by atoms with Gasteiger partial charge in [0.15, 0.2) is 0 Å². The number of nitrogens with zero attached hydrogens (tertiary/aromatic N) is 1. The lowest BCUT2D eigenvalue weighted by atomic mass is 10.1. The van der Waals surface area contributed by atoms with Gasteiger partial charge in [-0.25, -0.2) is 0 Å². The Morgan fingerprint density at radius 2 is 2.27 bits per heavy atom. The summed E-state index contributed by atoms with van der Waals surface area (Å²) >= 11 is 5.80. The molecule has 1 aliphatic rings. The predicted octanol–water partition coefficient (Wildman–Crippen LogP) is 2.99. The first-order valence-electron chi connectivity index (χ1n) is 3.67. The van der Waals surface area contributed by atoms with Crippen LogP contribution in [0, 0.1) is 0 Å². The van der Waals surface area contributed by atoms with Crippen molar-refractivity contribution >= 4 is 23.5 Å². The molecule has 0 saturated heterocycles. The average molecular weight is 166 g/mol. The van der Waals surface area contributed by atoms with Gasteiger partial charge < -0.3 is 0 Å². The molecule has 1 aromatic carbocycles. The highest BCUT2D eigenvalue weighted by Crippen LogP contribution is 2.26. The summed E-state index contributed by atoms with van der Waals surface area (Å²) in [5.74, 6) is 0. The fourth-order valence-electron chi connectivity index (χ4n) is 1.25. The fraction of sp³-hybridized carbons (Fsp3) is 0.222. The molecule has 2 rings (SSSR count). The van der Waals surface area contributed by atoms with Crippen LogP contribution < -0.4 is 0 Å². The molecule has 2 heteroatoms. The summed E-state index contributed by atoms with van der Waals surface area (Å²) in [7, 11) is 0. The number of aryl methyl sites for hydroxylation is 1. The maximum absolute atomic E-state index is 5.80. The minimum Gasteiger partial charge on any atom is -0.261 e. The van der Waals surface area contributed by atoms with Crippen LogP contribution in [0.4, 0.5) is 5.69 Å². The van der Waals surface area contributed by atoms with Crippen molar-refractivity contribution in [2.24, 2.45) is 4.99 Å². The molecule has 0 bridgehead atoms. The fourth-order valence-corrected chi connectivity index (χ4v) is 1.42. The Labute approximate surface area is 70.7 Å². The van der Waals surface area contributed by atoms with Gasteiger partial charge in [-0.1, -0.05) is 17.7 Å². The van der Waals surface area contributed by atoms with Crippen LogP contribution in [0.25, 0.3) is 0 Å². The normalized spacial score (nSPS) is 14.6. The average Bonchev–Trinajstić information content (AvgIpc) is 2.04. The van der Waals surface area contributed by atoms with Crippen LogP contribution in [0.5, 0.6) is 0 Å². The van der Waals surface area contributed by atoms with E-state index >= 15 is 0 Å². The van der Waals surface area contributed by atoms with E-state index in [0.29, 0.717) is 0 Å². The maximum Gasteiger partial charge on any atom is 0.0672 e. The largest absolute Gasteiger partial charge is 0.261 e. The Balaban J connectivity index is 2.54. The third-order valence-corrected chi connectivity index (χ3v) is 2.06. The van der Waals surface area contributed by atoms with E-state index in [1.165, 1.54) is 5.56 Å². The van der Waals surface area contributed by atoms with Crippen LogP contribution >= 0.6 is 11.6 Å². The molecule has 0 aromatic heterocycles. The van der Waals surface area contributed by atoms with Gasteiger partial charge in [0.05, 0.1) is 5.69 Å². The molecule has 1 aliphatic heterocycles. The summed E-state index contributed by atoms with van der Waals surface area (Å²) in [5, 5.41) is 0.766. The van der Waals surface area contributed by atoms with Gasteiger partial charge in [0, 0.05) is 11.2 Å². The van der Waals surface area contributed by atoms with E-state index in [1.807, 2.05) is 24.4 Å². The monoisotopic (exact) mass is 165 g/mol. The molecular formula is C9H8ClN. The highest BCUT2D eigenvalue weighted by Gasteiger charge is 2.04. The van der Waals surface area contributed by atoms with E-state index < -0.39 is 0 Å². The molecule has 1 nitrogen and oxygen atoms in total. The van der Waals surface area contributed by atoms with Crippen LogP contribution in [0.2, 0.25) is 5.02 Å². The predicted molar refractivity (Wildman–Crippen MR) is 47.9 cm³/mol. The van der Waals surface area contributed by atoms with Crippen molar-refractivity contribution in [2.75, 3.05) is 0 Å². The number of aliphatic imine (C=N–C) groups is 1. The maximum atomic E-state index is 5.80. The van der Waals surface area contributed by atoms with E-state index in [-0.39, 0.29) is 0 Å². The summed E-state index contributed by atoms with van der Waals surface area (Å²) in [6.07, 6.45) is 4.09. The van der Waals surface area contributed by atoms with Crippen LogP contribution in [0.1, 0.15) is 12.0 Å². The van der Waals surface area contributed by atoms with E-state index in [9.17, 15) is 0 Å². The third kappa shape index (κ3) is 1.29. The first kappa shape index (κ1) is 6.86. The Morgan fingerprint density at radius 1 is 1.36 bits per heavy atom. The number of benzene rings is 1. The number of hydrogen-bond acceptors (Lipinski definition) is 1. The number of rotatable bonds is 0. The second-order valence-corrected chi connectivity index (χ2v) is 3.06. The topological polar surface area (TPSA) is 12.4 Å². The molecule has 56 valence electrons. The lowest BCUT2D eigenvalue weighted by Crippen LogP contribution is -1.92. The van der Waals surface area contributed by atoms with E-state index in [4.69, 9.17) is 11.6 Å². The van der Waals surface area contributed by atoms with Crippen molar-refractivity contribution in [1.82, 2.24) is 0 Å². The summed E-state index contributed by atoms with van der Waals surface area (Å²) in [6.45, 7) is 0. The van der Waals surface area contributed by atoms with Crippen LogP contribution in [0.3, 0.4) is 0 Å². The second-order valence-electron chi connectivity index (χ2n) is 2.62. The zero-order chi connectivity index (χ0) is 7.68. The van der Waals surface area contributed by atoms with Crippen LogP contribution in [-0.2, 0) is 6.42 Å². The Bertz CT molecular complexity index is 304. The van der Waals surface area contributed by atoms with E-state index in [2.05, 4.69) is 4.99 Å². The van der Waals surface area contributed by atoms with Gasteiger partial charge in [-0.15, -0.1) is 0 Å². The molecule has 0 aliphatic carbocycles. The summed E-state index contributed by atoms with van der Waals surface area (Å²) in [4.78, 5) is 4.24. The summed E-state index contributed by atoms with van der Waals surface area (Å²) in [5.41, 5.74) is 2.33. The highest BCUT2D eigenvalue weighted by atomic mass is 35.5. The van der Waals surface area contributed by atoms with Crippen molar-refractivity contribution in [2.45, 2.75) is 12.8 Å². The SMILES string of the molecule is Clc1ccc2c(c1)N=CCC2. The lowest BCUT2D eigenvalue weighted by Gasteiger charge is -2.08. The minimum absolute atomic E-state index is 0.766. The van der Waals surface area contributed by atoms with Gasteiger partial charge in [-0.2, -0.15) is 0 Å². The molecule has 0 atom stereocenters. The standard InChI is InChI=1S/C9H8ClN/c10-8-4-3-7-2-1-5-11-9(7)6-8/h3-6H,1-2H2. The molecule has 0 spiro atoms. The van der Waals surface area contributed by atoms with Gasteiger partial charge in [-0.05, 0) is 30.5 Å². The third-order valence-electron chi connectivity index (χ3n) is 1.82. The van der Waals surface area contributed by atoms with Crippen molar-refractivity contribution < 1.29 is 0 Å². The van der Waals surface area contributed by atoms with Gasteiger partial charge in [0.2, 0.25) is 0 Å². The molecule has 0 saturated carbocycles. The van der Waals surface area contributed by atoms with Crippen molar-refractivity contribution in [1.29, 1.82) is 0 Å². The second kappa shape index (κ2) is 2.67. The summed E-state index contributed by atoms with van der Waals surface area (Å²) < 4.78 is 0. The lowest BCUT2D eigenvalue weighted by molar-refractivity contribution is 1.03. The van der Waals surface area contributed by atoms with Crippen molar-refractivity contribution in [3.05, 3.63) is 28.8 Å². The molecular weight excluding hydrogens is 158 g/mol. The molecule has 1 heterocycles. The molecule has 0 fully saturated rings. The van der Waals surface area contributed by atoms with Gasteiger partial charge in [0.1, 0.15) is 0 Å². The quantitative estimate of drug-likeness (QED) is 0.561. The van der Waals surface area contributed by atoms with Crippen molar-refractivity contribution in [3.63, 3.8) is 0 Å². The van der Waals surface area contributed by atoms with E-state index in [1.54, 1.807) is 0 Å². The number of halogens is 1. The minimum atomic E-state index is 0.766. The Hall–Kier alpha value is -0.820. The zero-order valence-electron chi connectivity index (χ0n) is 6.05. The smallest absolute Gasteiger partial charge is 0.0672 e. The molecule has 0 amide bonds. The number of hydrogen-bond donors (Lipinski definition) is 0. The first-order chi connectivity index (χ1) is 5.36. The molecule has 0 N–H and O–H groups in total. The van der Waals surface area contributed by atoms with Crippen LogP contribution in [-0.4, -0.2) is 6.21 Å². The first-order valence-corrected chi connectivity index (χ1v) is 4.05. The molecule has 11 heavy (non-hydrogen) atoms. The molecule has 1 aromatic rings. The van der Waals surface area contributed by atoms with Gasteiger partial charge in [0.25, 0.3) is 0 Å². The highest BCUT2D eigenvalue weighted by molar-refractivity contribution is 6.30. The molecule has 0 unspecified atom stereocenters. The van der Waals surface area contributed by atoms with Crippen molar-refractivity contribution in [3.8, 4) is 0 Å². The molecule has 0 radical (unpaired) electrons. The zero-order valence-corrected chi connectivity index (χ0v) is 6.80. The number of fused-ring (bicyclic) bond motifs is 1.